The van der Waals surface area contributed by atoms with Crippen molar-refractivity contribution in [2.75, 3.05) is 18.4 Å². The van der Waals surface area contributed by atoms with E-state index in [0.29, 0.717) is 0 Å². The maximum atomic E-state index is 12.4. The molecule has 22 heavy (non-hydrogen) atoms. The quantitative estimate of drug-likeness (QED) is 0.807. The number of carbonyl (C=O) groups excluding carboxylic acids is 1. The van der Waals surface area contributed by atoms with E-state index in [2.05, 4.69) is 25.8 Å². The zero-order chi connectivity index (χ0) is 15.0. The number of benzene rings is 1. The largest absolute Gasteiger partial charge is 0.326 e. The molecule has 0 radical (unpaired) electrons. The molecule has 1 spiro atoms. The van der Waals surface area contributed by atoms with Crippen LogP contribution < -0.4 is 10.6 Å². The Hall–Kier alpha value is -2.21. The first-order valence-electron chi connectivity index (χ1n) is 7.74. The molecule has 114 valence electrons. The lowest BCUT2D eigenvalue weighted by Crippen LogP contribution is -2.31. The summed E-state index contributed by atoms with van der Waals surface area (Å²) in [5.74, 6) is 1.08. The van der Waals surface area contributed by atoms with Crippen LogP contribution in [0, 0.1) is 11.3 Å². The minimum atomic E-state index is 0.161. The average Bonchev–Trinajstić information content (AvgIpc) is 3.00. The Morgan fingerprint density at radius 1 is 1.23 bits per heavy atom. The van der Waals surface area contributed by atoms with E-state index in [9.17, 15) is 4.79 Å². The number of hydrogen-bond donors (Lipinski definition) is 3. The lowest BCUT2D eigenvalue weighted by atomic mass is 9.92. The lowest BCUT2D eigenvalue weighted by molar-refractivity contribution is -0.118. The van der Waals surface area contributed by atoms with Crippen LogP contribution in [0.4, 0.5) is 5.69 Å². The number of rotatable bonds is 3. The van der Waals surface area contributed by atoms with Gasteiger partial charge in [0.05, 0.1) is 0 Å². The summed E-state index contributed by atoms with van der Waals surface area (Å²) in [5.41, 5.74) is 2.07. The van der Waals surface area contributed by atoms with Gasteiger partial charge in [-0.15, -0.1) is 0 Å². The number of piperidine rings is 1. The van der Waals surface area contributed by atoms with Crippen LogP contribution >= 0.6 is 0 Å². The summed E-state index contributed by atoms with van der Waals surface area (Å²) in [4.78, 5) is 16.5. The first kappa shape index (κ1) is 13.5. The van der Waals surface area contributed by atoms with E-state index in [0.717, 1.165) is 49.4 Å². The molecule has 1 amide bonds. The summed E-state index contributed by atoms with van der Waals surface area (Å²) >= 11 is 0. The van der Waals surface area contributed by atoms with Gasteiger partial charge in [-0.1, -0.05) is 0 Å². The Labute approximate surface area is 128 Å². The normalized spacial score (nSPS) is 22.5. The fraction of sp³-hybridized carbons (Fsp3) is 0.438. The van der Waals surface area contributed by atoms with Gasteiger partial charge in [0, 0.05) is 17.2 Å². The van der Waals surface area contributed by atoms with E-state index in [-0.39, 0.29) is 17.2 Å². The van der Waals surface area contributed by atoms with Crippen molar-refractivity contribution in [1.29, 1.82) is 0 Å². The Kier molecular flexibility index (Phi) is 3.18. The Balaban J connectivity index is 1.40. The van der Waals surface area contributed by atoms with E-state index < -0.39 is 0 Å². The van der Waals surface area contributed by atoms with Gasteiger partial charge in [0.1, 0.15) is 6.33 Å². The van der Waals surface area contributed by atoms with E-state index in [1.165, 1.54) is 6.33 Å². The molecule has 1 unspecified atom stereocenters. The Morgan fingerprint density at radius 3 is 2.68 bits per heavy atom. The number of nitrogens with one attached hydrogen (secondary N) is 3. The predicted octanol–water partition coefficient (Wildman–Crippen LogP) is 1.80. The number of H-pyrrole nitrogens is 1. The van der Waals surface area contributed by atoms with Crippen LogP contribution in [-0.2, 0) is 4.79 Å². The third-order valence-electron chi connectivity index (χ3n) is 4.95. The summed E-state index contributed by atoms with van der Waals surface area (Å²) in [6.07, 6.45) is 4.76. The molecule has 0 bridgehead atoms. The van der Waals surface area contributed by atoms with Crippen molar-refractivity contribution >= 4 is 11.6 Å². The third kappa shape index (κ3) is 2.39. The minimum Gasteiger partial charge on any atom is -0.326 e. The highest BCUT2D eigenvalue weighted by atomic mass is 16.2. The number of nitrogens with zero attached hydrogens (tertiary/aromatic N) is 2. The van der Waals surface area contributed by atoms with E-state index in [4.69, 9.17) is 0 Å². The second-order valence-electron chi connectivity index (χ2n) is 6.27. The van der Waals surface area contributed by atoms with Crippen LogP contribution in [-0.4, -0.2) is 34.2 Å². The summed E-state index contributed by atoms with van der Waals surface area (Å²) in [5, 5.41) is 13.1. The lowest BCUT2D eigenvalue weighted by Gasteiger charge is -2.23. The summed E-state index contributed by atoms with van der Waals surface area (Å²) < 4.78 is 0. The van der Waals surface area contributed by atoms with Crippen LogP contribution in [0.3, 0.4) is 0 Å². The van der Waals surface area contributed by atoms with Crippen molar-refractivity contribution in [2.24, 2.45) is 11.3 Å². The Morgan fingerprint density at radius 2 is 2.00 bits per heavy atom. The molecule has 2 aromatic rings. The molecule has 1 aromatic carbocycles. The van der Waals surface area contributed by atoms with Crippen molar-refractivity contribution in [3.63, 3.8) is 0 Å². The molecule has 1 saturated carbocycles. The molecule has 2 aliphatic rings. The fourth-order valence-electron chi connectivity index (χ4n) is 3.48. The maximum absolute atomic E-state index is 12.4. The first-order chi connectivity index (χ1) is 10.8. The SMILES string of the molecule is O=C(Nc1ccc(-c2ncn[nH]2)cc1)C1CC12CCNCC2. The molecular formula is C16H19N5O. The first-order valence-corrected chi connectivity index (χ1v) is 7.74. The highest BCUT2D eigenvalue weighted by molar-refractivity contribution is 5.95. The van der Waals surface area contributed by atoms with Crippen LogP contribution in [0.15, 0.2) is 30.6 Å². The molecule has 1 saturated heterocycles. The van der Waals surface area contributed by atoms with Crippen molar-refractivity contribution in [3.05, 3.63) is 30.6 Å². The van der Waals surface area contributed by atoms with Gasteiger partial charge < -0.3 is 10.6 Å². The number of aromatic nitrogens is 3. The van der Waals surface area contributed by atoms with Gasteiger partial charge in [0.15, 0.2) is 5.82 Å². The van der Waals surface area contributed by atoms with Crippen LogP contribution in [0.2, 0.25) is 0 Å². The zero-order valence-electron chi connectivity index (χ0n) is 12.3. The monoisotopic (exact) mass is 297 g/mol. The number of carbonyl (C=O) groups is 1. The molecule has 1 atom stereocenters. The number of amides is 1. The van der Waals surface area contributed by atoms with Gasteiger partial charge in [-0.25, -0.2) is 4.98 Å². The second kappa shape index (κ2) is 5.21. The number of hydrogen-bond acceptors (Lipinski definition) is 4. The number of aromatic amines is 1. The van der Waals surface area contributed by atoms with Crippen molar-refractivity contribution in [2.45, 2.75) is 19.3 Å². The van der Waals surface area contributed by atoms with E-state index >= 15 is 0 Å². The standard InChI is InChI=1S/C16H19N5O/c22-15(13-9-16(13)5-7-17-8-6-16)20-12-3-1-11(2-4-12)14-18-10-19-21-14/h1-4,10,13,17H,5-9H2,(H,20,22)(H,18,19,21). The molecule has 3 N–H and O–H groups in total. The van der Waals surface area contributed by atoms with E-state index in [1.807, 2.05) is 24.3 Å². The molecule has 6 heteroatoms. The van der Waals surface area contributed by atoms with Crippen molar-refractivity contribution in [3.8, 4) is 11.4 Å². The third-order valence-corrected chi connectivity index (χ3v) is 4.95. The van der Waals surface area contributed by atoms with Gasteiger partial charge in [0.25, 0.3) is 0 Å². The molecule has 1 aliphatic carbocycles. The van der Waals surface area contributed by atoms with Gasteiger partial charge in [-0.3, -0.25) is 9.89 Å². The van der Waals surface area contributed by atoms with Gasteiger partial charge in [-0.05, 0) is 62.0 Å². The smallest absolute Gasteiger partial charge is 0.228 e. The maximum Gasteiger partial charge on any atom is 0.228 e. The van der Waals surface area contributed by atoms with Crippen LogP contribution in [0.25, 0.3) is 11.4 Å². The second-order valence-corrected chi connectivity index (χ2v) is 6.27. The minimum absolute atomic E-state index is 0.161. The van der Waals surface area contributed by atoms with Crippen molar-refractivity contribution in [1.82, 2.24) is 20.5 Å². The molecule has 4 rings (SSSR count). The summed E-state index contributed by atoms with van der Waals surface area (Å²) in [6.45, 7) is 2.07. The van der Waals surface area contributed by atoms with Gasteiger partial charge in [-0.2, -0.15) is 5.10 Å². The summed E-state index contributed by atoms with van der Waals surface area (Å²) in [6, 6.07) is 7.69. The molecular weight excluding hydrogens is 278 g/mol. The highest BCUT2D eigenvalue weighted by Gasteiger charge is 2.57. The zero-order valence-corrected chi connectivity index (χ0v) is 12.3. The number of anilines is 1. The van der Waals surface area contributed by atoms with Crippen molar-refractivity contribution < 1.29 is 4.79 Å². The topological polar surface area (TPSA) is 82.7 Å². The Bertz CT molecular complexity index is 658. The molecule has 1 aliphatic heterocycles. The highest BCUT2D eigenvalue weighted by Crippen LogP contribution is 2.58. The predicted molar refractivity (Wildman–Crippen MR) is 83.1 cm³/mol. The molecule has 6 nitrogen and oxygen atoms in total. The van der Waals surface area contributed by atoms with Gasteiger partial charge >= 0.3 is 0 Å². The van der Waals surface area contributed by atoms with Gasteiger partial charge in [0.2, 0.25) is 5.91 Å². The molecule has 2 heterocycles. The molecule has 1 aromatic heterocycles. The molecule has 2 fully saturated rings. The van der Waals surface area contributed by atoms with Crippen LogP contribution in [0.5, 0.6) is 0 Å². The van der Waals surface area contributed by atoms with E-state index in [1.54, 1.807) is 0 Å². The average molecular weight is 297 g/mol. The summed E-state index contributed by atoms with van der Waals surface area (Å²) in [7, 11) is 0. The van der Waals surface area contributed by atoms with Crippen LogP contribution in [0.1, 0.15) is 19.3 Å². The fourth-order valence-corrected chi connectivity index (χ4v) is 3.48.